The number of hydrogen-bond donors (Lipinski definition) is 2. The lowest BCUT2D eigenvalue weighted by molar-refractivity contribution is 0.199. The smallest absolute Gasteiger partial charge is 0.339 e. The van der Waals surface area contributed by atoms with E-state index < -0.39 is 17.2 Å². The minimum absolute atomic E-state index is 0.319. The van der Waals surface area contributed by atoms with Crippen molar-refractivity contribution >= 4 is 11.8 Å². The van der Waals surface area contributed by atoms with Crippen LogP contribution < -0.4 is 11.1 Å². The van der Waals surface area contributed by atoms with Gasteiger partial charge in [-0.3, -0.25) is 19.4 Å². The zero-order chi connectivity index (χ0) is 14.0. The standard InChI is InChI=1S/C11H12N4O3S/c1-6(16)7-3-4-12-8(5-7)19-11-13-9(17)10(18)14-15(11)2/h3-6,16H,1-2H3,(H,14,18)/t6-/m0/s1. The highest BCUT2D eigenvalue weighted by Gasteiger charge is 2.09. The molecular weight excluding hydrogens is 268 g/mol. The Hall–Kier alpha value is -1.93. The van der Waals surface area contributed by atoms with E-state index in [-0.39, 0.29) is 0 Å². The van der Waals surface area contributed by atoms with Gasteiger partial charge in [0.15, 0.2) is 5.16 Å². The first-order valence-corrected chi connectivity index (χ1v) is 6.28. The molecule has 0 saturated carbocycles. The zero-order valence-corrected chi connectivity index (χ0v) is 11.1. The average molecular weight is 280 g/mol. The lowest BCUT2D eigenvalue weighted by atomic mass is 10.2. The Bertz CT molecular complexity index is 708. The van der Waals surface area contributed by atoms with Gasteiger partial charge in [-0.25, -0.2) is 4.98 Å². The van der Waals surface area contributed by atoms with Crippen molar-refractivity contribution in [1.29, 1.82) is 0 Å². The molecule has 0 aliphatic carbocycles. The van der Waals surface area contributed by atoms with Gasteiger partial charge in [0.25, 0.3) is 0 Å². The SMILES string of the molecule is C[C@H](O)c1ccnc(Sc2nc(=O)c(=O)[nH]n2C)c1. The Labute approximate surface area is 112 Å². The molecule has 2 N–H and O–H groups in total. The van der Waals surface area contributed by atoms with Crippen molar-refractivity contribution < 1.29 is 5.11 Å². The quantitative estimate of drug-likeness (QED) is 0.771. The number of H-pyrrole nitrogens is 1. The first-order chi connectivity index (χ1) is 8.97. The van der Waals surface area contributed by atoms with Crippen LogP contribution in [0, 0.1) is 0 Å². The van der Waals surface area contributed by atoms with Gasteiger partial charge in [0, 0.05) is 13.2 Å². The monoisotopic (exact) mass is 280 g/mol. The zero-order valence-electron chi connectivity index (χ0n) is 10.3. The van der Waals surface area contributed by atoms with Crippen LogP contribution in [0.4, 0.5) is 0 Å². The van der Waals surface area contributed by atoms with Gasteiger partial charge in [0.05, 0.1) is 6.10 Å². The third-order valence-corrected chi connectivity index (χ3v) is 3.36. The average Bonchev–Trinajstić information content (AvgIpc) is 2.36. The number of aliphatic hydroxyl groups is 1. The molecule has 0 radical (unpaired) electrons. The van der Waals surface area contributed by atoms with E-state index in [9.17, 15) is 14.7 Å². The summed E-state index contributed by atoms with van der Waals surface area (Å²) in [4.78, 5) is 30.1. The first-order valence-electron chi connectivity index (χ1n) is 5.46. The van der Waals surface area contributed by atoms with E-state index in [1.54, 1.807) is 32.3 Å². The Balaban J connectivity index is 2.36. The van der Waals surface area contributed by atoms with Crippen molar-refractivity contribution in [2.75, 3.05) is 0 Å². The molecule has 0 spiro atoms. The number of aliphatic hydroxyl groups excluding tert-OH is 1. The van der Waals surface area contributed by atoms with Crippen LogP contribution in [0.3, 0.4) is 0 Å². The number of hydrogen-bond acceptors (Lipinski definition) is 6. The van der Waals surface area contributed by atoms with Gasteiger partial charge in [0.1, 0.15) is 5.03 Å². The maximum atomic E-state index is 11.2. The Morgan fingerprint density at radius 2 is 2.21 bits per heavy atom. The summed E-state index contributed by atoms with van der Waals surface area (Å²) in [5.74, 6) is 0. The van der Waals surface area contributed by atoms with Crippen LogP contribution in [-0.4, -0.2) is 24.9 Å². The normalized spacial score (nSPS) is 12.4. The van der Waals surface area contributed by atoms with Crippen molar-refractivity contribution in [2.45, 2.75) is 23.2 Å². The lowest BCUT2D eigenvalue weighted by Gasteiger charge is -2.07. The number of aryl methyl sites for hydroxylation is 1. The lowest BCUT2D eigenvalue weighted by Crippen LogP contribution is -2.33. The maximum absolute atomic E-state index is 11.2. The second kappa shape index (κ2) is 5.37. The molecular formula is C11H12N4O3S. The topological polar surface area (TPSA) is 101 Å². The molecule has 0 aromatic carbocycles. The maximum Gasteiger partial charge on any atom is 0.339 e. The van der Waals surface area contributed by atoms with Gasteiger partial charge in [-0.15, -0.1) is 0 Å². The largest absolute Gasteiger partial charge is 0.389 e. The van der Waals surface area contributed by atoms with Crippen LogP contribution in [0.1, 0.15) is 18.6 Å². The van der Waals surface area contributed by atoms with E-state index >= 15 is 0 Å². The molecule has 0 aliphatic rings. The van der Waals surface area contributed by atoms with Gasteiger partial charge < -0.3 is 5.11 Å². The molecule has 0 saturated heterocycles. The van der Waals surface area contributed by atoms with Gasteiger partial charge in [-0.2, -0.15) is 4.98 Å². The number of pyridine rings is 1. The Kier molecular flexibility index (Phi) is 3.82. The summed E-state index contributed by atoms with van der Waals surface area (Å²) in [7, 11) is 1.58. The van der Waals surface area contributed by atoms with Gasteiger partial charge in [0.2, 0.25) is 0 Å². The molecule has 2 rings (SSSR count). The predicted molar refractivity (Wildman–Crippen MR) is 69.1 cm³/mol. The van der Waals surface area contributed by atoms with Crippen molar-refractivity contribution in [1.82, 2.24) is 19.7 Å². The summed E-state index contributed by atoms with van der Waals surface area (Å²) >= 11 is 1.13. The van der Waals surface area contributed by atoms with Crippen LogP contribution in [0.25, 0.3) is 0 Å². The number of rotatable bonds is 3. The van der Waals surface area contributed by atoms with E-state index in [0.29, 0.717) is 15.7 Å². The molecule has 0 amide bonds. The van der Waals surface area contributed by atoms with Crippen LogP contribution in [0.5, 0.6) is 0 Å². The number of aromatic nitrogens is 4. The van der Waals surface area contributed by atoms with Crippen molar-refractivity contribution in [2.24, 2.45) is 7.05 Å². The van der Waals surface area contributed by atoms with Crippen LogP contribution in [0.2, 0.25) is 0 Å². The Morgan fingerprint density at radius 3 is 2.89 bits per heavy atom. The van der Waals surface area contributed by atoms with Gasteiger partial charge >= 0.3 is 11.1 Å². The summed E-state index contributed by atoms with van der Waals surface area (Å²) in [6.07, 6.45) is 0.962. The predicted octanol–water partition coefficient (Wildman–Crippen LogP) is 0.0681. The minimum atomic E-state index is -0.840. The van der Waals surface area contributed by atoms with E-state index in [2.05, 4.69) is 15.1 Å². The fraction of sp³-hybridized carbons (Fsp3) is 0.273. The van der Waals surface area contributed by atoms with E-state index in [1.165, 1.54) is 4.68 Å². The minimum Gasteiger partial charge on any atom is -0.389 e. The van der Waals surface area contributed by atoms with E-state index in [1.807, 2.05) is 0 Å². The molecule has 2 heterocycles. The molecule has 0 fully saturated rings. The highest BCUT2D eigenvalue weighted by molar-refractivity contribution is 7.99. The molecule has 0 bridgehead atoms. The number of nitrogens with zero attached hydrogens (tertiary/aromatic N) is 3. The fourth-order valence-corrected chi connectivity index (χ4v) is 2.19. The third kappa shape index (κ3) is 3.09. The van der Waals surface area contributed by atoms with Crippen molar-refractivity contribution in [3.05, 3.63) is 44.6 Å². The molecule has 0 aliphatic heterocycles. The Morgan fingerprint density at radius 1 is 1.47 bits per heavy atom. The molecule has 2 aromatic rings. The van der Waals surface area contributed by atoms with Crippen LogP contribution in [-0.2, 0) is 7.05 Å². The summed E-state index contributed by atoms with van der Waals surface area (Å²) < 4.78 is 1.35. The molecule has 19 heavy (non-hydrogen) atoms. The van der Waals surface area contributed by atoms with E-state index in [4.69, 9.17) is 0 Å². The van der Waals surface area contributed by atoms with Crippen molar-refractivity contribution in [3.63, 3.8) is 0 Å². The number of nitrogens with one attached hydrogen (secondary N) is 1. The molecule has 1 atom stereocenters. The molecule has 0 unspecified atom stereocenters. The van der Waals surface area contributed by atoms with Gasteiger partial charge in [-0.1, -0.05) is 0 Å². The van der Waals surface area contributed by atoms with Gasteiger partial charge in [-0.05, 0) is 36.4 Å². The molecule has 100 valence electrons. The third-order valence-electron chi connectivity index (χ3n) is 2.38. The molecule has 2 aromatic heterocycles. The summed E-state index contributed by atoms with van der Waals surface area (Å²) in [6.45, 7) is 1.65. The van der Waals surface area contributed by atoms with Crippen molar-refractivity contribution in [3.8, 4) is 0 Å². The number of aromatic amines is 1. The highest BCUT2D eigenvalue weighted by atomic mass is 32.2. The summed E-state index contributed by atoms with van der Waals surface area (Å²) in [5.41, 5.74) is -0.892. The second-order valence-electron chi connectivity index (χ2n) is 3.90. The van der Waals surface area contributed by atoms with E-state index in [0.717, 1.165) is 11.8 Å². The summed E-state index contributed by atoms with van der Waals surface area (Å²) in [5, 5.41) is 12.7. The fourth-order valence-electron chi connectivity index (χ4n) is 1.39. The first kappa shape index (κ1) is 13.5. The highest BCUT2D eigenvalue weighted by Crippen LogP contribution is 2.24. The molecule has 7 nitrogen and oxygen atoms in total. The molecule has 8 heteroatoms. The van der Waals surface area contributed by atoms with Crippen LogP contribution in [0.15, 0.2) is 38.1 Å². The van der Waals surface area contributed by atoms with Crippen LogP contribution >= 0.6 is 11.8 Å². The second-order valence-corrected chi connectivity index (χ2v) is 4.89. The summed E-state index contributed by atoms with van der Waals surface area (Å²) in [6, 6.07) is 3.40.